The summed E-state index contributed by atoms with van der Waals surface area (Å²) < 4.78 is 5.45. The lowest BCUT2D eigenvalue weighted by Crippen LogP contribution is -2.46. The van der Waals surface area contributed by atoms with E-state index in [0.29, 0.717) is 12.1 Å². The molecule has 5 heteroatoms. The van der Waals surface area contributed by atoms with Crippen LogP contribution in [0.1, 0.15) is 70.9 Å². The van der Waals surface area contributed by atoms with Gasteiger partial charge in [-0.15, -0.1) is 0 Å². The van der Waals surface area contributed by atoms with E-state index in [2.05, 4.69) is 53.3 Å². The summed E-state index contributed by atoms with van der Waals surface area (Å²) in [7, 11) is 1.69. The first-order chi connectivity index (χ1) is 17.7. The fourth-order valence-electron chi connectivity index (χ4n) is 4.73. The van der Waals surface area contributed by atoms with E-state index in [-0.39, 0.29) is 11.9 Å². The molecular formula is C32H45N3O2. The number of amides is 1. The van der Waals surface area contributed by atoms with E-state index in [1.807, 2.05) is 40.3 Å². The van der Waals surface area contributed by atoms with Gasteiger partial charge in [0.25, 0.3) is 5.91 Å². The minimum Gasteiger partial charge on any atom is -0.496 e. The van der Waals surface area contributed by atoms with Crippen LogP contribution in [-0.2, 0) is 4.79 Å². The molecule has 0 radical (unpaired) electrons. The monoisotopic (exact) mass is 503 g/mol. The van der Waals surface area contributed by atoms with Crippen LogP contribution in [0.4, 0.5) is 0 Å². The molecule has 1 aromatic carbocycles. The number of allylic oxidation sites excluding steroid dienone is 4. The van der Waals surface area contributed by atoms with Crippen LogP contribution in [0.2, 0.25) is 0 Å². The van der Waals surface area contributed by atoms with Gasteiger partial charge in [-0.3, -0.25) is 4.79 Å². The molecule has 0 bridgehead atoms. The zero-order valence-electron chi connectivity index (χ0n) is 23.6. The van der Waals surface area contributed by atoms with Crippen molar-refractivity contribution in [3.8, 4) is 5.75 Å². The SMILES string of the molecule is C=C1C=C(C(=O)N2CCCC(N)C2)C=CN1/C(C)=C(C)/C(C)=C/c1cccc(OC)c1C.CCC1CC1. The topological polar surface area (TPSA) is 58.8 Å². The molecule has 1 aliphatic carbocycles. The van der Waals surface area contributed by atoms with E-state index in [1.54, 1.807) is 7.11 Å². The number of ether oxygens (including phenoxy) is 1. The maximum atomic E-state index is 12.9. The number of piperidine rings is 1. The van der Waals surface area contributed by atoms with E-state index in [1.165, 1.54) is 19.3 Å². The molecule has 4 rings (SSSR count). The minimum atomic E-state index is 0.0279. The summed E-state index contributed by atoms with van der Waals surface area (Å²) in [6.07, 6.45) is 14.2. The second-order valence-electron chi connectivity index (χ2n) is 10.5. The van der Waals surface area contributed by atoms with E-state index < -0.39 is 0 Å². The van der Waals surface area contributed by atoms with E-state index in [9.17, 15) is 4.79 Å². The highest BCUT2D eigenvalue weighted by Crippen LogP contribution is 2.31. The summed E-state index contributed by atoms with van der Waals surface area (Å²) >= 11 is 0. The third-order valence-electron chi connectivity index (χ3n) is 7.71. The average molecular weight is 504 g/mol. The van der Waals surface area contributed by atoms with Crippen molar-refractivity contribution in [2.45, 2.75) is 72.8 Å². The zero-order valence-corrected chi connectivity index (χ0v) is 23.6. The Bertz CT molecular complexity index is 1120. The molecule has 2 aliphatic heterocycles. The Kier molecular flexibility index (Phi) is 9.99. The van der Waals surface area contributed by atoms with Crippen molar-refractivity contribution in [3.05, 3.63) is 82.4 Å². The van der Waals surface area contributed by atoms with Crippen LogP contribution in [0.15, 0.2) is 71.2 Å². The fraction of sp³-hybridized carbons (Fsp3) is 0.469. The highest BCUT2D eigenvalue weighted by molar-refractivity contribution is 5.97. The maximum Gasteiger partial charge on any atom is 0.254 e. The second kappa shape index (κ2) is 13.0. The van der Waals surface area contributed by atoms with Crippen molar-refractivity contribution in [3.63, 3.8) is 0 Å². The quantitative estimate of drug-likeness (QED) is 0.438. The lowest BCUT2D eigenvalue weighted by Gasteiger charge is -2.32. The first-order valence-corrected chi connectivity index (χ1v) is 13.6. The molecule has 0 spiro atoms. The number of carbonyl (C=O) groups is 1. The van der Waals surface area contributed by atoms with Crippen LogP contribution < -0.4 is 10.5 Å². The molecule has 2 heterocycles. The van der Waals surface area contributed by atoms with Crippen LogP contribution in [0.5, 0.6) is 5.75 Å². The van der Waals surface area contributed by atoms with Gasteiger partial charge >= 0.3 is 0 Å². The van der Waals surface area contributed by atoms with Gasteiger partial charge in [-0.2, -0.15) is 0 Å². The summed E-state index contributed by atoms with van der Waals surface area (Å²) in [4.78, 5) is 16.8. The Morgan fingerprint density at radius 1 is 1.22 bits per heavy atom. The largest absolute Gasteiger partial charge is 0.496 e. The number of nitrogens with two attached hydrogens (primary N) is 1. The maximum absolute atomic E-state index is 12.9. The number of rotatable bonds is 6. The van der Waals surface area contributed by atoms with Gasteiger partial charge in [-0.1, -0.05) is 51.0 Å². The number of benzene rings is 1. The van der Waals surface area contributed by atoms with Crippen LogP contribution in [0.3, 0.4) is 0 Å². The predicted octanol–water partition coefficient (Wildman–Crippen LogP) is 6.73. The smallest absolute Gasteiger partial charge is 0.254 e. The number of carbonyl (C=O) groups excluding carboxylic acids is 1. The number of nitrogens with zero attached hydrogens (tertiary/aromatic N) is 2. The molecule has 3 aliphatic rings. The second-order valence-corrected chi connectivity index (χ2v) is 10.5. The van der Waals surface area contributed by atoms with Gasteiger partial charge in [0.05, 0.1) is 7.11 Å². The molecular weight excluding hydrogens is 458 g/mol. The van der Waals surface area contributed by atoms with Crippen molar-refractivity contribution >= 4 is 12.0 Å². The molecule has 2 fully saturated rings. The zero-order chi connectivity index (χ0) is 27.1. The van der Waals surface area contributed by atoms with Crippen LogP contribution >= 0.6 is 0 Å². The molecule has 1 saturated carbocycles. The first kappa shape index (κ1) is 28.5. The van der Waals surface area contributed by atoms with E-state index >= 15 is 0 Å². The van der Waals surface area contributed by atoms with Crippen molar-refractivity contribution in [1.82, 2.24) is 9.80 Å². The highest BCUT2D eigenvalue weighted by atomic mass is 16.5. The Morgan fingerprint density at radius 2 is 1.95 bits per heavy atom. The summed E-state index contributed by atoms with van der Waals surface area (Å²) in [5.74, 6) is 2.05. The van der Waals surface area contributed by atoms with Gasteiger partial charge < -0.3 is 20.3 Å². The molecule has 1 saturated heterocycles. The normalized spacial score (nSPS) is 20.6. The Balaban J connectivity index is 0.000000678. The van der Waals surface area contributed by atoms with Crippen molar-refractivity contribution in [2.24, 2.45) is 11.7 Å². The fourth-order valence-corrected chi connectivity index (χ4v) is 4.73. The van der Waals surface area contributed by atoms with Crippen molar-refractivity contribution < 1.29 is 9.53 Å². The number of methoxy groups -OCH3 is 1. The molecule has 1 aromatic rings. The van der Waals surface area contributed by atoms with Crippen LogP contribution in [0.25, 0.3) is 6.08 Å². The Labute approximate surface area is 224 Å². The third kappa shape index (κ3) is 7.48. The molecule has 37 heavy (non-hydrogen) atoms. The van der Waals surface area contributed by atoms with E-state index in [0.717, 1.165) is 64.7 Å². The predicted molar refractivity (Wildman–Crippen MR) is 155 cm³/mol. The molecule has 5 nitrogen and oxygen atoms in total. The average Bonchev–Trinajstić information content (AvgIpc) is 3.74. The van der Waals surface area contributed by atoms with Gasteiger partial charge in [0.15, 0.2) is 0 Å². The minimum absolute atomic E-state index is 0.0279. The van der Waals surface area contributed by atoms with Gasteiger partial charge in [-0.05, 0) is 86.9 Å². The summed E-state index contributed by atoms with van der Waals surface area (Å²) in [5, 5.41) is 0. The number of hydrogen-bond acceptors (Lipinski definition) is 4. The molecule has 2 N–H and O–H groups in total. The van der Waals surface area contributed by atoms with Gasteiger partial charge in [0.1, 0.15) is 5.75 Å². The van der Waals surface area contributed by atoms with Crippen LogP contribution in [0, 0.1) is 12.8 Å². The summed E-state index contributed by atoms with van der Waals surface area (Å²) in [6.45, 7) is 16.2. The third-order valence-corrected chi connectivity index (χ3v) is 7.71. The Morgan fingerprint density at radius 3 is 2.51 bits per heavy atom. The molecule has 1 atom stereocenters. The summed E-state index contributed by atoms with van der Waals surface area (Å²) in [5.41, 5.74) is 13.1. The molecule has 1 amide bonds. The molecule has 200 valence electrons. The van der Waals surface area contributed by atoms with Gasteiger partial charge in [0.2, 0.25) is 0 Å². The molecule has 1 unspecified atom stereocenters. The Hall–Kier alpha value is -3.05. The molecule has 0 aromatic heterocycles. The number of hydrogen-bond donors (Lipinski definition) is 1. The van der Waals surface area contributed by atoms with E-state index in [4.69, 9.17) is 10.5 Å². The summed E-state index contributed by atoms with van der Waals surface area (Å²) in [6, 6.07) is 6.14. The first-order valence-electron chi connectivity index (χ1n) is 13.6. The van der Waals surface area contributed by atoms with Gasteiger partial charge in [0, 0.05) is 42.3 Å². The lowest BCUT2D eigenvalue weighted by molar-refractivity contribution is -0.127. The van der Waals surface area contributed by atoms with Crippen molar-refractivity contribution in [1.29, 1.82) is 0 Å². The highest BCUT2D eigenvalue weighted by Gasteiger charge is 2.25. The van der Waals surface area contributed by atoms with Crippen molar-refractivity contribution in [2.75, 3.05) is 20.2 Å². The standard InChI is InChI=1S/C27H35N3O2.C5H10/c1-18(15-23-9-7-11-26(32-6)21(23)4)20(3)22(5)30-14-12-24(16-19(30)2)27(31)29-13-8-10-25(28)17-29;1-2-5-3-4-5/h7,9,11-12,14-16,25H,2,8,10,13,17,28H2,1,3-6H3;5H,2-4H2,1H3/b18-15+,22-20+;. The lowest BCUT2D eigenvalue weighted by atomic mass is 10.00. The van der Waals surface area contributed by atoms with Crippen LogP contribution in [-0.4, -0.2) is 41.9 Å². The van der Waals surface area contributed by atoms with Gasteiger partial charge in [-0.25, -0.2) is 0 Å². The number of likely N-dealkylation sites (tertiary alicyclic amines) is 1.